The van der Waals surface area contributed by atoms with Crippen molar-refractivity contribution in [2.24, 2.45) is 5.92 Å². The molecule has 6 nitrogen and oxygen atoms in total. The van der Waals surface area contributed by atoms with E-state index in [0.29, 0.717) is 36.4 Å². The fourth-order valence-corrected chi connectivity index (χ4v) is 4.59. The van der Waals surface area contributed by atoms with Gasteiger partial charge in [-0.1, -0.05) is 32.8 Å². The molecule has 1 aliphatic heterocycles. The molecule has 1 atom stereocenters. The van der Waals surface area contributed by atoms with Gasteiger partial charge in [0, 0.05) is 36.6 Å². The lowest BCUT2D eigenvalue weighted by Gasteiger charge is -2.38. The van der Waals surface area contributed by atoms with Gasteiger partial charge < -0.3 is 14.8 Å². The van der Waals surface area contributed by atoms with Crippen molar-refractivity contribution in [3.8, 4) is 5.75 Å². The third-order valence-electron chi connectivity index (χ3n) is 5.73. The summed E-state index contributed by atoms with van der Waals surface area (Å²) >= 11 is 1.61. The number of nitrogens with one attached hydrogen (secondary N) is 1. The van der Waals surface area contributed by atoms with Crippen LogP contribution < -0.4 is 10.1 Å². The molecule has 0 saturated carbocycles. The minimum atomic E-state index is -0.0610. The van der Waals surface area contributed by atoms with Crippen molar-refractivity contribution in [2.75, 3.05) is 32.8 Å². The van der Waals surface area contributed by atoms with Gasteiger partial charge in [-0.3, -0.25) is 9.69 Å². The minimum absolute atomic E-state index is 0.0610. The Morgan fingerprint density at radius 2 is 2.07 bits per heavy atom. The third kappa shape index (κ3) is 6.27. The van der Waals surface area contributed by atoms with Gasteiger partial charge in [0.1, 0.15) is 12.4 Å². The number of benzene rings is 1. The van der Waals surface area contributed by atoms with Crippen LogP contribution in [0.1, 0.15) is 47.7 Å². The van der Waals surface area contributed by atoms with Crippen molar-refractivity contribution in [1.29, 1.82) is 0 Å². The molecule has 2 aromatic rings. The number of aromatic nitrogens is 1. The van der Waals surface area contributed by atoms with E-state index in [4.69, 9.17) is 9.47 Å². The number of aryl methyl sites for hydroxylation is 1. The molecule has 1 N–H and O–H groups in total. The summed E-state index contributed by atoms with van der Waals surface area (Å²) in [6, 6.07) is 7.69. The van der Waals surface area contributed by atoms with Crippen LogP contribution in [0.2, 0.25) is 0 Å². The fourth-order valence-electron chi connectivity index (χ4n) is 3.99. The zero-order valence-corrected chi connectivity index (χ0v) is 19.0. The molecule has 7 heteroatoms. The number of hydrogen-bond acceptors (Lipinski definition) is 6. The number of nitrogens with zero attached hydrogens (tertiary/aromatic N) is 2. The summed E-state index contributed by atoms with van der Waals surface area (Å²) in [6.07, 6.45) is 2.21. The number of carbonyl (C=O) groups excluding carboxylic acids is 1. The third-order valence-corrected chi connectivity index (χ3v) is 6.55. The summed E-state index contributed by atoms with van der Waals surface area (Å²) in [5.41, 5.74) is 1.53. The van der Waals surface area contributed by atoms with E-state index in [2.05, 4.69) is 29.0 Å². The van der Waals surface area contributed by atoms with Crippen molar-refractivity contribution < 1.29 is 14.3 Å². The number of hydrogen-bond donors (Lipinski definition) is 1. The highest BCUT2D eigenvalue weighted by atomic mass is 32.1. The predicted octanol–water partition coefficient (Wildman–Crippen LogP) is 3.90. The van der Waals surface area contributed by atoms with Crippen LogP contribution in [-0.2, 0) is 11.3 Å². The van der Waals surface area contributed by atoms with E-state index < -0.39 is 0 Å². The Bertz CT molecular complexity index is 800. The molecule has 0 unspecified atom stereocenters. The number of carbonyl (C=O) groups is 1. The van der Waals surface area contributed by atoms with E-state index in [1.807, 2.05) is 30.5 Å². The van der Waals surface area contributed by atoms with Gasteiger partial charge in [-0.15, -0.1) is 11.3 Å². The van der Waals surface area contributed by atoms with Crippen molar-refractivity contribution >= 4 is 17.2 Å². The summed E-state index contributed by atoms with van der Waals surface area (Å²) in [7, 11) is 0. The number of ether oxygens (including phenoxy) is 2. The molecule has 164 valence electrons. The molecule has 1 saturated heterocycles. The highest BCUT2D eigenvalue weighted by Crippen LogP contribution is 2.20. The summed E-state index contributed by atoms with van der Waals surface area (Å²) in [4.78, 5) is 19.7. The van der Waals surface area contributed by atoms with Gasteiger partial charge in [0.05, 0.1) is 23.9 Å². The van der Waals surface area contributed by atoms with Gasteiger partial charge in [-0.2, -0.15) is 0 Å². The van der Waals surface area contributed by atoms with E-state index in [0.717, 1.165) is 49.8 Å². The first-order valence-electron chi connectivity index (χ1n) is 10.8. The Morgan fingerprint density at radius 3 is 2.73 bits per heavy atom. The minimum Gasteiger partial charge on any atom is -0.487 e. The lowest BCUT2D eigenvalue weighted by Crippen LogP contribution is -2.52. The highest BCUT2D eigenvalue weighted by Gasteiger charge is 2.27. The van der Waals surface area contributed by atoms with Gasteiger partial charge in [0.15, 0.2) is 0 Å². The summed E-state index contributed by atoms with van der Waals surface area (Å²) < 4.78 is 11.3. The molecular weight excluding hydrogens is 398 g/mol. The maximum atomic E-state index is 12.8. The quantitative estimate of drug-likeness (QED) is 0.618. The Morgan fingerprint density at radius 1 is 1.30 bits per heavy atom. The molecule has 0 aliphatic carbocycles. The Hall–Kier alpha value is -1.96. The lowest BCUT2D eigenvalue weighted by atomic mass is 9.92. The van der Waals surface area contributed by atoms with Gasteiger partial charge in [-0.05, 0) is 31.0 Å². The molecule has 30 heavy (non-hydrogen) atoms. The van der Waals surface area contributed by atoms with Crippen LogP contribution >= 0.6 is 11.3 Å². The first-order valence-corrected chi connectivity index (χ1v) is 11.7. The van der Waals surface area contributed by atoms with E-state index in [1.165, 1.54) is 0 Å². The van der Waals surface area contributed by atoms with E-state index in [1.54, 1.807) is 17.4 Å². The molecule has 2 heterocycles. The molecule has 1 aromatic carbocycles. The van der Waals surface area contributed by atoms with E-state index in [-0.39, 0.29) is 5.91 Å². The number of thiazole rings is 1. The molecule has 1 aromatic heterocycles. The smallest absolute Gasteiger partial charge is 0.251 e. The van der Waals surface area contributed by atoms with Crippen LogP contribution in [0.15, 0.2) is 29.6 Å². The Balaban J connectivity index is 1.59. The second-order valence-electron chi connectivity index (χ2n) is 7.68. The van der Waals surface area contributed by atoms with Crippen molar-refractivity contribution in [3.05, 3.63) is 45.9 Å². The normalized spacial score (nSPS) is 15.9. The van der Waals surface area contributed by atoms with Gasteiger partial charge in [0.2, 0.25) is 0 Å². The Kier molecular flexibility index (Phi) is 8.66. The van der Waals surface area contributed by atoms with Gasteiger partial charge in [-0.25, -0.2) is 4.98 Å². The maximum Gasteiger partial charge on any atom is 0.251 e. The molecule has 0 bridgehead atoms. The van der Waals surface area contributed by atoms with Crippen LogP contribution in [0.3, 0.4) is 0 Å². The topological polar surface area (TPSA) is 63.7 Å². The zero-order chi connectivity index (χ0) is 21.3. The maximum absolute atomic E-state index is 12.8. The van der Waals surface area contributed by atoms with Crippen LogP contribution in [0.5, 0.6) is 5.75 Å². The number of rotatable bonds is 10. The summed E-state index contributed by atoms with van der Waals surface area (Å²) in [5.74, 6) is 1.17. The van der Waals surface area contributed by atoms with Crippen molar-refractivity contribution in [2.45, 2.75) is 46.3 Å². The standard InChI is InChI=1S/C23H33N3O3S/c1-4-18(5-2)22(26-9-11-28-12-10-26)14-24-23(27)19-7-6-8-21(13-19)29-15-20-16-30-17(3)25-20/h6-8,13,16,18,22H,4-5,9-12,14-15H2,1-3H3,(H,24,27)/t22-/m0/s1. The second kappa shape index (κ2) is 11.4. The van der Waals surface area contributed by atoms with Gasteiger partial charge in [0.25, 0.3) is 5.91 Å². The first kappa shape index (κ1) is 22.7. The summed E-state index contributed by atoms with van der Waals surface area (Å²) in [6.45, 7) is 10.9. The number of amides is 1. The van der Waals surface area contributed by atoms with Crippen LogP contribution in [0.25, 0.3) is 0 Å². The highest BCUT2D eigenvalue weighted by molar-refractivity contribution is 7.09. The van der Waals surface area contributed by atoms with Crippen molar-refractivity contribution in [1.82, 2.24) is 15.2 Å². The second-order valence-corrected chi connectivity index (χ2v) is 8.74. The van der Waals surface area contributed by atoms with Crippen LogP contribution in [0, 0.1) is 12.8 Å². The molecule has 0 radical (unpaired) electrons. The summed E-state index contributed by atoms with van der Waals surface area (Å²) in [5, 5.41) is 6.18. The van der Waals surface area contributed by atoms with Crippen LogP contribution in [-0.4, -0.2) is 54.7 Å². The molecule has 1 aliphatic rings. The first-order chi connectivity index (χ1) is 14.6. The molecule has 0 spiro atoms. The molecule has 1 fully saturated rings. The number of morpholine rings is 1. The van der Waals surface area contributed by atoms with Crippen molar-refractivity contribution in [3.63, 3.8) is 0 Å². The molecular formula is C23H33N3O3S. The largest absolute Gasteiger partial charge is 0.487 e. The SMILES string of the molecule is CCC(CC)[C@H](CNC(=O)c1cccc(OCc2csc(C)n2)c1)N1CCOCC1. The van der Waals surface area contributed by atoms with E-state index >= 15 is 0 Å². The lowest BCUT2D eigenvalue weighted by molar-refractivity contribution is 0.00191. The van der Waals surface area contributed by atoms with E-state index in [9.17, 15) is 4.79 Å². The fraction of sp³-hybridized carbons (Fsp3) is 0.565. The monoisotopic (exact) mass is 431 g/mol. The average molecular weight is 432 g/mol. The molecule has 1 amide bonds. The zero-order valence-electron chi connectivity index (χ0n) is 18.2. The predicted molar refractivity (Wildman–Crippen MR) is 120 cm³/mol. The Labute approximate surface area is 183 Å². The van der Waals surface area contributed by atoms with Gasteiger partial charge >= 0.3 is 0 Å². The van der Waals surface area contributed by atoms with Crippen LogP contribution in [0.4, 0.5) is 0 Å². The molecule has 3 rings (SSSR count). The average Bonchev–Trinajstić information content (AvgIpc) is 3.21.